The molecule has 3 rings (SSSR count). The first-order valence-corrected chi connectivity index (χ1v) is 8.59. The number of anilines is 2. The van der Waals surface area contributed by atoms with Crippen molar-refractivity contribution >= 4 is 28.3 Å². The molecule has 2 amide bonds. The van der Waals surface area contributed by atoms with Crippen LogP contribution >= 0.6 is 11.3 Å². The van der Waals surface area contributed by atoms with Crippen LogP contribution in [0.4, 0.5) is 15.7 Å². The summed E-state index contributed by atoms with van der Waals surface area (Å²) in [5, 5.41) is 13.3. The second kappa shape index (κ2) is 7.36. The summed E-state index contributed by atoms with van der Waals surface area (Å²) in [6.07, 6.45) is 4.26. The lowest BCUT2D eigenvalue weighted by molar-refractivity contribution is 0.251. The molecule has 0 bridgehead atoms. The molecule has 8 heteroatoms. The van der Waals surface area contributed by atoms with E-state index in [4.69, 9.17) is 0 Å². The summed E-state index contributed by atoms with van der Waals surface area (Å²) in [6.45, 7) is 4.85. The summed E-state index contributed by atoms with van der Waals surface area (Å²) in [6, 6.07) is 3.73. The van der Waals surface area contributed by atoms with E-state index in [0.29, 0.717) is 11.7 Å². The van der Waals surface area contributed by atoms with E-state index in [1.807, 2.05) is 18.3 Å². The van der Waals surface area contributed by atoms with E-state index in [-0.39, 0.29) is 6.03 Å². The molecule has 3 heterocycles. The molecule has 0 unspecified atom stereocenters. The van der Waals surface area contributed by atoms with Gasteiger partial charge in [-0.15, -0.1) is 10.2 Å². The number of pyridine rings is 1. The minimum Gasteiger partial charge on any atom is -0.357 e. The van der Waals surface area contributed by atoms with E-state index in [2.05, 4.69) is 37.6 Å². The number of urea groups is 1. The number of amides is 2. The van der Waals surface area contributed by atoms with Gasteiger partial charge in [0.15, 0.2) is 0 Å². The Balaban J connectivity index is 1.48. The predicted octanol–water partition coefficient (Wildman–Crippen LogP) is 2.49. The van der Waals surface area contributed by atoms with Gasteiger partial charge in [-0.1, -0.05) is 24.3 Å². The average Bonchev–Trinajstić information content (AvgIpc) is 3.07. The molecule has 1 aliphatic rings. The zero-order chi connectivity index (χ0) is 16.1. The summed E-state index contributed by atoms with van der Waals surface area (Å²) in [5.74, 6) is 1.82. The number of hydrogen-bond acceptors (Lipinski definition) is 6. The Kier molecular flexibility index (Phi) is 5.02. The van der Waals surface area contributed by atoms with Crippen molar-refractivity contribution in [3.05, 3.63) is 29.4 Å². The lowest BCUT2D eigenvalue weighted by atomic mass is 9.99. The van der Waals surface area contributed by atoms with Crippen LogP contribution in [0.2, 0.25) is 0 Å². The van der Waals surface area contributed by atoms with Crippen LogP contribution in [-0.4, -0.2) is 34.3 Å². The topological polar surface area (TPSA) is 83.0 Å². The molecule has 2 N–H and O–H groups in total. The fourth-order valence-corrected chi connectivity index (χ4v) is 2.94. The fourth-order valence-electron chi connectivity index (χ4n) is 2.50. The van der Waals surface area contributed by atoms with Crippen molar-refractivity contribution < 1.29 is 4.79 Å². The number of aromatic nitrogens is 3. The summed E-state index contributed by atoms with van der Waals surface area (Å²) in [7, 11) is 0. The van der Waals surface area contributed by atoms with Gasteiger partial charge in [0.1, 0.15) is 11.3 Å². The van der Waals surface area contributed by atoms with Gasteiger partial charge in [0.25, 0.3) is 0 Å². The van der Waals surface area contributed by atoms with Gasteiger partial charge in [-0.3, -0.25) is 5.32 Å². The molecule has 0 radical (unpaired) electrons. The molecule has 1 aliphatic heterocycles. The maximum absolute atomic E-state index is 11.7. The van der Waals surface area contributed by atoms with Crippen molar-refractivity contribution in [2.24, 2.45) is 5.92 Å². The highest BCUT2D eigenvalue weighted by Crippen LogP contribution is 2.21. The number of carbonyl (C=O) groups is 1. The smallest absolute Gasteiger partial charge is 0.321 e. The molecule has 0 saturated carbocycles. The molecule has 7 nitrogen and oxygen atoms in total. The average molecular weight is 332 g/mol. The minimum absolute atomic E-state index is 0.296. The quantitative estimate of drug-likeness (QED) is 0.899. The molecule has 1 saturated heterocycles. The Morgan fingerprint density at radius 3 is 2.87 bits per heavy atom. The lowest BCUT2D eigenvalue weighted by Gasteiger charge is -2.31. The zero-order valence-corrected chi connectivity index (χ0v) is 13.8. The SMILES string of the molecule is CC1CCN(c2ccc(CNC(=O)Nc3nncs3)cn2)CC1. The number of nitrogens with zero attached hydrogens (tertiary/aromatic N) is 4. The molecule has 2 aromatic heterocycles. The Hall–Kier alpha value is -2.22. The number of piperidine rings is 1. The molecular formula is C15H20N6OS. The molecule has 0 aromatic carbocycles. The van der Waals surface area contributed by atoms with Crippen molar-refractivity contribution in [2.45, 2.75) is 26.3 Å². The third kappa shape index (κ3) is 4.38. The van der Waals surface area contributed by atoms with Gasteiger partial charge in [-0.2, -0.15) is 0 Å². The zero-order valence-electron chi connectivity index (χ0n) is 13.0. The van der Waals surface area contributed by atoms with E-state index in [1.165, 1.54) is 24.2 Å². The number of nitrogens with one attached hydrogen (secondary N) is 2. The largest absolute Gasteiger partial charge is 0.357 e. The van der Waals surface area contributed by atoms with Gasteiger partial charge in [0.2, 0.25) is 5.13 Å². The standard InChI is InChI=1S/C15H20N6OS/c1-11-4-6-21(7-5-11)13-3-2-12(8-16-13)9-17-14(22)19-15-20-18-10-23-15/h2-3,8,10-11H,4-7,9H2,1H3,(H2,17,19,20,22). The molecule has 23 heavy (non-hydrogen) atoms. The van der Waals surface area contributed by atoms with Gasteiger partial charge < -0.3 is 10.2 Å². The van der Waals surface area contributed by atoms with Crippen LogP contribution in [0.1, 0.15) is 25.3 Å². The van der Waals surface area contributed by atoms with Crippen molar-refractivity contribution in [3.63, 3.8) is 0 Å². The number of carbonyl (C=O) groups excluding carboxylic acids is 1. The van der Waals surface area contributed by atoms with E-state index in [1.54, 1.807) is 5.51 Å². The molecule has 122 valence electrons. The first-order valence-electron chi connectivity index (χ1n) is 7.71. The molecule has 0 aliphatic carbocycles. The fraction of sp³-hybridized carbons (Fsp3) is 0.467. The monoisotopic (exact) mass is 332 g/mol. The lowest BCUT2D eigenvalue weighted by Crippen LogP contribution is -2.33. The third-order valence-electron chi connectivity index (χ3n) is 3.95. The molecule has 2 aromatic rings. The van der Waals surface area contributed by atoms with Crippen molar-refractivity contribution in [3.8, 4) is 0 Å². The van der Waals surface area contributed by atoms with E-state index in [0.717, 1.165) is 30.4 Å². The van der Waals surface area contributed by atoms with Crippen LogP contribution in [0, 0.1) is 5.92 Å². The summed E-state index contributed by atoms with van der Waals surface area (Å²) in [5.41, 5.74) is 2.53. The van der Waals surface area contributed by atoms with Gasteiger partial charge >= 0.3 is 6.03 Å². The Morgan fingerprint density at radius 1 is 1.39 bits per heavy atom. The molecule has 1 fully saturated rings. The number of hydrogen-bond donors (Lipinski definition) is 2. The minimum atomic E-state index is -0.296. The highest BCUT2D eigenvalue weighted by Gasteiger charge is 2.16. The van der Waals surface area contributed by atoms with Gasteiger partial charge in [0, 0.05) is 25.8 Å². The van der Waals surface area contributed by atoms with Crippen LogP contribution < -0.4 is 15.5 Å². The van der Waals surface area contributed by atoms with Gasteiger partial charge in [-0.25, -0.2) is 9.78 Å². The second-order valence-electron chi connectivity index (χ2n) is 5.75. The van der Waals surface area contributed by atoms with Gasteiger partial charge in [0.05, 0.1) is 0 Å². The molecule has 0 atom stereocenters. The Bertz CT molecular complexity index is 622. The third-order valence-corrected chi connectivity index (χ3v) is 4.56. The first kappa shape index (κ1) is 15.7. The van der Waals surface area contributed by atoms with Crippen LogP contribution in [0.25, 0.3) is 0 Å². The van der Waals surface area contributed by atoms with E-state index >= 15 is 0 Å². The predicted molar refractivity (Wildman–Crippen MR) is 90.6 cm³/mol. The van der Waals surface area contributed by atoms with E-state index < -0.39 is 0 Å². The van der Waals surface area contributed by atoms with Gasteiger partial charge in [-0.05, 0) is 30.4 Å². The Labute approximate surface area is 139 Å². The van der Waals surface area contributed by atoms with Crippen LogP contribution in [-0.2, 0) is 6.54 Å². The van der Waals surface area contributed by atoms with Crippen LogP contribution in [0.15, 0.2) is 23.8 Å². The summed E-state index contributed by atoms with van der Waals surface area (Å²) in [4.78, 5) is 18.6. The summed E-state index contributed by atoms with van der Waals surface area (Å²) < 4.78 is 0. The first-order chi connectivity index (χ1) is 11.2. The van der Waals surface area contributed by atoms with Crippen molar-refractivity contribution in [2.75, 3.05) is 23.3 Å². The van der Waals surface area contributed by atoms with Crippen LogP contribution in [0.3, 0.4) is 0 Å². The van der Waals surface area contributed by atoms with E-state index in [9.17, 15) is 4.79 Å². The van der Waals surface area contributed by atoms with Crippen molar-refractivity contribution in [1.29, 1.82) is 0 Å². The highest BCUT2D eigenvalue weighted by atomic mass is 32.1. The number of rotatable bonds is 4. The maximum Gasteiger partial charge on any atom is 0.321 e. The maximum atomic E-state index is 11.7. The summed E-state index contributed by atoms with van der Waals surface area (Å²) >= 11 is 1.28. The van der Waals surface area contributed by atoms with Crippen LogP contribution in [0.5, 0.6) is 0 Å². The normalized spacial score (nSPS) is 15.4. The highest BCUT2D eigenvalue weighted by molar-refractivity contribution is 7.13. The molecular weight excluding hydrogens is 312 g/mol. The second-order valence-corrected chi connectivity index (χ2v) is 6.58. The van der Waals surface area contributed by atoms with Crippen molar-refractivity contribution in [1.82, 2.24) is 20.5 Å². The Morgan fingerprint density at radius 2 is 2.22 bits per heavy atom. The molecule has 0 spiro atoms.